The van der Waals surface area contributed by atoms with Crippen LogP contribution in [0.3, 0.4) is 0 Å². The van der Waals surface area contributed by atoms with E-state index in [1.54, 1.807) is 0 Å². The Morgan fingerprint density at radius 1 is 1.39 bits per heavy atom. The van der Waals surface area contributed by atoms with Gasteiger partial charge < -0.3 is 10.1 Å². The van der Waals surface area contributed by atoms with E-state index >= 15 is 0 Å². The zero-order chi connectivity index (χ0) is 13.4. The Labute approximate surface area is 104 Å². The molecule has 0 unspecified atom stereocenters. The molecule has 0 saturated carbocycles. The fourth-order valence-corrected chi connectivity index (χ4v) is 1.40. The molecular formula is C11H18F3N3O. The number of rotatable bonds is 8. The molecule has 0 aromatic carbocycles. The smallest absolute Gasteiger partial charge is 0.382 e. The molecule has 1 aromatic heterocycles. The molecule has 0 fully saturated rings. The second kappa shape index (κ2) is 7.38. The van der Waals surface area contributed by atoms with Crippen LogP contribution in [-0.4, -0.2) is 36.1 Å². The van der Waals surface area contributed by atoms with E-state index < -0.39 is 11.9 Å². The van der Waals surface area contributed by atoms with Crippen LogP contribution in [0.1, 0.15) is 19.0 Å². The topological polar surface area (TPSA) is 39.1 Å². The fourth-order valence-electron chi connectivity index (χ4n) is 1.40. The first-order valence-corrected chi connectivity index (χ1v) is 5.93. The van der Waals surface area contributed by atoms with Crippen molar-refractivity contribution in [3.63, 3.8) is 0 Å². The number of alkyl halides is 3. The maximum Gasteiger partial charge on any atom is 0.435 e. The van der Waals surface area contributed by atoms with Crippen molar-refractivity contribution in [1.29, 1.82) is 0 Å². The number of halogens is 3. The van der Waals surface area contributed by atoms with E-state index in [2.05, 4.69) is 10.4 Å². The average Bonchev–Trinajstić information content (AvgIpc) is 2.76. The lowest BCUT2D eigenvalue weighted by Crippen LogP contribution is -2.22. The highest BCUT2D eigenvalue weighted by atomic mass is 19.4. The molecule has 0 amide bonds. The van der Waals surface area contributed by atoms with Gasteiger partial charge in [-0.05, 0) is 26.0 Å². The van der Waals surface area contributed by atoms with Gasteiger partial charge in [0.15, 0.2) is 5.69 Å². The van der Waals surface area contributed by atoms with E-state index in [0.29, 0.717) is 26.3 Å². The molecule has 0 aliphatic carbocycles. The monoisotopic (exact) mass is 265 g/mol. The van der Waals surface area contributed by atoms with Gasteiger partial charge in [-0.3, -0.25) is 4.68 Å². The van der Waals surface area contributed by atoms with E-state index in [9.17, 15) is 13.2 Å². The lowest BCUT2D eigenvalue weighted by Gasteiger charge is -2.05. The van der Waals surface area contributed by atoms with Crippen molar-refractivity contribution in [3.8, 4) is 0 Å². The van der Waals surface area contributed by atoms with Crippen molar-refractivity contribution in [2.75, 3.05) is 26.3 Å². The Morgan fingerprint density at radius 3 is 2.78 bits per heavy atom. The van der Waals surface area contributed by atoms with Crippen LogP contribution in [0.15, 0.2) is 12.3 Å². The van der Waals surface area contributed by atoms with Crippen molar-refractivity contribution in [2.24, 2.45) is 0 Å². The van der Waals surface area contributed by atoms with E-state index in [4.69, 9.17) is 4.74 Å². The molecule has 0 aliphatic heterocycles. The molecule has 1 N–H and O–H groups in total. The summed E-state index contributed by atoms with van der Waals surface area (Å²) < 4.78 is 43.2. The van der Waals surface area contributed by atoms with Crippen LogP contribution in [0.5, 0.6) is 0 Å². The van der Waals surface area contributed by atoms with Crippen LogP contribution in [0, 0.1) is 0 Å². The van der Waals surface area contributed by atoms with E-state index in [0.717, 1.165) is 19.0 Å². The predicted molar refractivity (Wildman–Crippen MR) is 61.2 cm³/mol. The maximum absolute atomic E-state index is 12.3. The first-order chi connectivity index (χ1) is 8.54. The van der Waals surface area contributed by atoms with Crippen molar-refractivity contribution < 1.29 is 17.9 Å². The van der Waals surface area contributed by atoms with Gasteiger partial charge in [0.05, 0.1) is 6.54 Å². The Bertz CT molecular complexity index is 339. The summed E-state index contributed by atoms with van der Waals surface area (Å²) in [4.78, 5) is 0. The minimum absolute atomic E-state index is 0.421. The number of nitrogens with zero attached hydrogens (tertiary/aromatic N) is 2. The highest BCUT2D eigenvalue weighted by Gasteiger charge is 2.33. The second-order valence-electron chi connectivity index (χ2n) is 3.76. The molecular weight excluding hydrogens is 247 g/mol. The molecule has 0 bridgehead atoms. The summed E-state index contributed by atoms with van der Waals surface area (Å²) in [5.41, 5.74) is -0.848. The van der Waals surface area contributed by atoms with Gasteiger partial charge in [-0.25, -0.2) is 0 Å². The molecule has 0 atom stereocenters. The Hall–Kier alpha value is -1.08. The SMILES string of the molecule is CCOCCCNCCn1ccc(C(F)(F)F)n1. The summed E-state index contributed by atoms with van der Waals surface area (Å²) in [6, 6.07) is 0.981. The molecule has 18 heavy (non-hydrogen) atoms. The number of ether oxygens (including phenoxy) is 1. The summed E-state index contributed by atoms with van der Waals surface area (Å²) in [5.74, 6) is 0. The van der Waals surface area contributed by atoms with Crippen LogP contribution in [0.4, 0.5) is 13.2 Å². The van der Waals surface area contributed by atoms with Crippen LogP contribution in [-0.2, 0) is 17.5 Å². The van der Waals surface area contributed by atoms with Crippen LogP contribution < -0.4 is 5.32 Å². The van der Waals surface area contributed by atoms with Crippen LogP contribution >= 0.6 is 0 Å². The zero-order valence-electron chi connectivity index (χ0n) is 10.3. The summed E-state index contributed by atoms with van der Waals surface area (Å²) in [6.45, 7) is 5.13. The molecule has 0 saturated heterocycles. The van der Waals surface area contributed by atoms with Crippen LogP contribution in [0.25, 0.3) is 0 Å². The van der Waals surface area contributed by atoms with Crippen molar-refractivity contribution in [1.82, 2.24) is 15.1 Å². The lowest BCUT2D eigenvalue weighted by molar-refractivity contribution is -0.141. The predicted octanol–water partition coefficient (Wildman–Crippen LogP) is 1.92. The molecule has 0 aliphatic rings. The van der Waals surface area contributed by atoms with Crippen molar-refractivity contribution in [2.45, 2.75) is 26.1 Å². The standard InChI is InChI=1S/C11H18F3N3O/c1-2-18-9-3-5-15-6-8-17-7-4-10(16-17)11(12,13)14/h4,7,15H,2-3,5-6,8-9H2,1H3. The first-order valence-electron chi connectivity index (χ1n) is 5.93. The molecule has 104 valence electrons. The average molecular weight is 265 g/mol. The summed E-state index contributed by atoms with van der Waals surface area (Å²) in [7, 11) is 0. The highest BCUT2D eigenvalue weighted by Crippen LogP contribution is 2.26. The Kier molecular flexibility index (Phi) is 6.14. The minimum atomic E-state index is -4.36. The number of hydrogen-bond acceptors (Lipinski definition) is 3. The van der Waals surface area contributed by atoms with Gasteiger partial charge in [0.1, 0.15) is 0 Å². The summed E-state index contributed by atoms with van der Waals surface area (Å²) in [6.07, 6.45) is -2.14. The highest BCUT2D eigenvalue weighted by molar-refractivity contribution is 5.03. The first kappa shape index (κ1) is 15.0. The fraction of sp³-hybridized carbons (Fsp3) is 0.727. The van der Waals surface area contributed by atoms with Gasteiger partial charge in [0.25, 0.3) is 0 Å². The second-order valence-corrected chi connectivity index (χ2v) is 3.76. The third-order valence-corrected chi connectivity index (χ3v) is 2.30. The van der Waals surface area contributed by atoms with E-state index in [1.807, 2.05) is 6.92 Å². The van der Waals surface area contributed by atoms with E-state index in [1.165, 1.54) is 10.9 Å². The van der Waals surface area contributed by atoms with Crippen molar-refractivity contribution >= 4 is 0 Å². The maximum atomic E-state index is 12.3. The molecule has 0 radical (unpaired) electrons. The molecule has 4 nitrogen and oxygen atoms in total. The summed E-state index contributed by atoms with van der Waals surface area (Å²) in [5, 5.41) is 6.57. The van der Waals surface area contributed by atoms with Gasteiger partial charge >= 0.3 is 6.18 Å². The molecule has 1 rings (SSSR count). The van der Waals surface area contributed by atoms with Gasteiger partial charge in [-0.2, -0.15) is 18.3 Å². The number of nitrogens with one attached hydrogen (secondary N) is 1. The molecule has 7 heteroatoms. The van der Waals surface area contributed by atoms with Gasteiger partial charge in [0.2, 0.25) is 0 Å². The normalized spacial score (nSPS) is 12.0. The van der Waals surface area contributed by atoms with Crippen molar-refractivity contribution in [3.05, 3.63) is 18.0 Å². The number of aromatic nitrogens is 2. The minimum Gasteiger partial charge on any atom is -0.382 e. The third kappa shape index (κ3) is 5.50. The van der Waals surface area contributed by atoms with Gasteiger partial charge in [-0.15, -0.1) is 0 Å². The lowest BCUT2D eigenvalue weighted by atomic mass is 10.4. The van der Waals surface area contributed by atoms with Gasteiger partial charge in [0, 0.05) is 26.0 Å². The largest absolute Gasteiger partial charge is 0.435 e. The molecule has 1 aromatic rings. The van der Waals surface area contributed by atoms with E-state index in [-0.39, 0.29) is 0 Å². The third-order valence-electron chi connectivity index (χ3n) is 2.30. The Balaban J connectivity index is 2.14. The number of hydrogen-bond donors (Lipinski definition) is 1. The van der Waals surface area contributed by atoms with Gasteiger partial charge in [-0.1, -0.05) is 0 Å². The Morgan fingerprint density at radius 2 is 2.17 bits per heavy atom. The zero-order valence-corrected chi connectivity index (χ0v) is 10.3. The quantitative estimate of drug-likeness (QED) is 0.730. The summed E-state index contributed by atoms with van der Waals surface area (Å²) >= 11 is 0. The molecule has 0 spiro atoms. The molecule has 1 heterocycles. The van der Waals surface area contributed by atoms with Crippen LogP contribution in [0.2, 0.25) is 0 Å².